The molecule has 3 rings (SSSR count). The first-order chi connectivity index (χ1) is 11.2. The highest BCUT2D eigenvalue weighted by molar-refractivity contribution is 6.31. The number of hydrogen-bond acceptors (Lipinski definition) is 3. The molecule has 1 heterocycles. The fourth-order valence-electron chi connectivity index (χ4n) is 2.60. The number of para-hydroxylation sites is 1. The molecule has 0 aliphatic carbocycles. The minimum absolute atomic E-state index is 0.144. The number of hydrogen-bond donors (Lipinski definition) is 1. The molecule has 0 aliphatic rings. The Morgan fingerprint density at radius 2 is 2.04 bits per heavy atom. The van der Waals surface area contributed by atoms with Crippen molar-refractivity contribution < 1.29 is 9.84 Å². The molecule has 5 heteroatoms. The van der Waals surface area contributed by atoms with Crippen LogP contribution in [0.15, 0.2) is 42.5 Å². The van der Waals surface area contributed by atoms with Crippen molar-refractivity contribution in [2.24, 2.45) is 0 Å². The molecule has 1 aromatic heterocycles. The summed E-state index contributed by atoms with van der Waals surface area (Å²) >= 11 is 6.06. The quantitative estimate of drug-likeness (QED) is 0.744. The van der Waals surface area contributed by atoms with Crippen LogP contribution in [0.25, 0.3) is 11.0 Å². The lowest BCUT2D eigenvalue weighted by molar-refractivity contribution is 0.269. The maximum absolute atomic E-state index is 9.13. The maximum Gasteiger partial charge on any atom is 0.148 e. The van der Waals surface area contributed by atoms with E-state index in [0.29, 0.717) is 24.6 Å². The lowest BCUT2D eigenvalue weighted by atomic mass is 10.2. The molecule has 4 nitrogen and oxygen atoms in total. The van der Waals surface area contributed by atoms with Gasteiger partial charge in [-0.25, -0.2) is 4.98 Å². The van der Waals surface area contributed by atoms with Gasteiger partial charge in [-0.1, -0.05) is 29.8 Å². The van der Waals surface area contributed by atoms with Crippen LogP contribution in [0.3, 0.4) is 0 Å². The van der Waals surface area contributed by atoms with Crippen molar-refractivity contribution in [3.63, 3.8) is 0 Å². The second-order valence-corrected chi connectivity index (χ2v) is 5.88. The standard InChI is InChI=1S/C18H19ClN2O2/c1-13-5-2-3-6-17(13)23-12-18-20-15-11-14(19)7-8-16(15)21(18)9-4-10-22/h2-3,5-8,11,22H,4,9-10,12H2,1H3. The zero-order valence-corrected chi connectivity index (χ0v) is 13.8. The highest BCUT2D eigenvalue weighted by Crippen LogP contribution is 2.23. The topological polar surface area (TPSA) is 47.3 Å². The summed E-state index contributed by atoms with van der Waals surface area (Å²) in [7, 11) is 0. The predicted molar refractivity (Wildman–Crippen MR) is 92.0 cm³/mol. The van der Waals surface area contributed by atoms with Gasteiger partial charge < -0.3 is 14.4 Å². The third kappa shape index (κ3) is 3.49. The molecule has 0 radical (unpaired) electrons. The molecular formula is C18H19ClN2O2. The third-order valence-electron chi connectivity index (χ3n) is 3.78. The van der Waals surface area contributed by atoms with Gasteiger partial charge in [0, 0.05) is 18.2 Å². The van der Waals surface area contributed by atoms with E-state index in [4.69, 9.17) is 21.4 Å². The van der Waals surface area contributed by atoms with Crippen molar-refractivity contribution in [3.8, 4) is 5.75 Å². The molecule has 0 spiro atoms. The Kier molecular flexibility index (Phi) is 4.84. The first-order valence-corrected chi connectivity index (χ1v) is 8.01. The van der Waals surface area contributed by atoms with Crippen molar-refractivity contribution in [1.29, 1.82) is 0 Å². The molecule has 3 aromatic rings. The largest absolute Gasteiger partial charge is 0.485 e. The number of aliphatic hydroxyl groups is 1. The first-order valence-electron chi connectivity index (χ1n) is 7.63. The van der Waals surface area contributed by atoms with E-state index in [1.165, 1.54) is 0 Å². The van der Waals surface area contributed by atoms with Crippen LogP contribution in [0.5, 0.6) is 5.75 Å². The number of rotatable bonds is 6. The number of fused-ring (bicyclic) bond motifs is 1. The van der Waals surface area contributed by atoms with Crippen LogP contribution in [0, 0.1) is 6.92 Å². The number of benzene rings is 2. The summed E-state index contributed by atoms with van der Waals surface area (Å²) in [5.74, 6) is 1.69. The Bertz CT molecular complexity index is 814. The molecule has 2 aromatic carbocycles. The van der Waals surface area contributed by atoms with Crippen LogP contribution in [-0.4, -0.2) is 21.3 Å². The molecule has 0 fully saturated rings. The third-order valence-corrected chi connectivity index (χ3v) is 4.01. The zero-order chi connectivity index (χ0) is 16.2. The summed E-state index contributed by atoms with van der Waals surface area (Å²) < 4.78 is 8.01. The number of aryl methyl sites for hydroxylation is 2. The summed E-state index contributed by atoms with van der Waals surface area (Å²) in [6, 6.07) is 13.6. The predicted octanol–water partition coefficient (Wildman–Crippen LogP) is 3.96. The maximum atomic E-state index is 9.13. The van der Waals surface area contributed by atoms with E-state index in [0.717, 1.165) is 28.2 Å². The second-order valence-electron chi connectivity index (χ2n) is 5.44. The molecule has 0 atom stereocenters. The number of imidazole rings is 1. The van der Waals surface area contributed by atoms with Gasteiger partial charge in [0.15, 0.2) is 0 Å². The minimum Gasteiger partial charge on any atom is -0.485 e. The van der Waals surface area contributed by atoms with Crippen molar-refractivity contribution >= 4 is 22.6 Å². The summed E-state index contributed by atoms with van der Waals surface area (Å²) in [6.45, 7) is 3.23. The van der Waals surface area contributed by atoms with Gasteiger partial charge >= 0.3 is 0 Å². The molecule has 0 amide bonds. The fraction of sp³-hybridized carbons (Fsp3) is 0.278. The Labute approximate surface area is 140 Å². The van der Waals surface area contributed by atoms with Crippen LogP contribution >= 0.6 is 11.6 Å². The molecule has 0 unspecified atom stereocenters. The lowest BCUT2D eigenvalue weighted by Gasteiger charge is -2.11. The average Bonchev–Trinajstić information content (AvgIpc) is 2.88. The van der Waals surface area contributed by atoms with Gasteiger partial charge in [-0.05, 0) is 43.2 Å². The van der Waals surface area contributed by atoms with Gasteiger partial charge in [-0.2, -0.15) is 0 Å². The molecule has 120 valence electrons. The molecule has 0 saturated heterocycles. The molecule has 23 heavy (non-hydrogen) atoms. The van der Waals surface area contributed by atoms with E-state index in [-0.39, 0.29) is 6.61 Å². The summed E-state index contributed by atoms with van der Waals surface area (Å²) in [6.07, 6.45) is 0.672. The van der Waals surface area contributed by atoms with Gasteiger partial charge in [0.25, 0.3) is 0 Å². The van der Waals surface area contributed by atoms with Gasteiger partial charge in [0.05, 0.1) is 11.0 Å². The van der Waals surface area contributed by atoms with Gasteiger partial charge in [-0.3, -0.25) is 0 Å². The normalized spacial score (nSPS) is 11.1. The van der Waals surface area contributed by atoms with E-state index >= 15 is 0 Å². The Morgan fingerprint density at radius 1 is 1.22 bits per heavy atom. The van der Waals surface area contributed by atoms with Crippen molar-refractivity contribution in [2.75, 3.05) is 6.61 Å². The molecular weight excluding hydrogens is 312 g/mol. The highest BCUT2D eigenvalue weighted by atomic mass is 35.5. The molecule has 0 aliphatic heterocycles. The summed E-state index contributed by atoms with van der Waals surface area (Å²) in [5, 5.41) is 9.79. The SMILES string of the molecule is Cc1ccccc1OCc1nc2cc(Cl)ccc2n1CCCO. The number of aromatic nitrogens is 2. The zero-order valence-electron chi connectivity index (χ0n) is 13.0. The van der Waals surface area contributed by atoms with E-state index in [1.807, 2.05) is 49.4 Å². The Morgan fingerprint density at radius 3 is 2.83 bits per heavy atom. The van der Waals surface area contributed by atoms with Crippen molar-refractivity contribution in [2.45, 2.75) is 26.5 Å². The van der Waals surface area contributed by atoms with Gasteiger partial charge in [0.2, 0.25) is 0 Å². The van der Waals surface area contributed by atoms with Gasteiger partial charge in [0.1, 0.15) is 18.2 Å². The Balaban J connectivity index is 1.90. The fourth-order valence-corrected chi connectivity index (χ4v) is 2.77. The highest BCUT2D eigenvalue weighted by Gasteiger charge is 2.12. The molecule has 0 saturated carbocycles. The van der Waals surface area contributed by atoms with Crippen LogP contribution in [0.4, 0.5) is 0 Å². The number of nitrogens with zero attached hydrogens (tertiary/aromatic N) is 2. The van der Waals surface area contributed by atoms with Crippen LogP contribution in [-0.2, 0) is 13.2 Å². The van der Waals surface area contributed by atoms with E-state index < -0.39 is 0 Å². The number of aliphatic hydroxyl groups excluding tert-OH is 1. The first kappa shape index (κ1) is 15.8. The van der Waals surface area contributed by atoms with Crippen molar-refractivity contribution in [3.05, 3.63) is 58.9 Å². The second kappa shape index (κ2) is 7.02. The van der Waals surface area contributed by atoms with Gasteiger partial charge in [-0.15, -0.1) is 0 Å². The average molecular weight is 331 g/mol. The van der Waals surface area contributed by atoms with Crippen LogP contribution < -0.4 is 4.74 Å². The monoisotopic (exact) mass is 330 g/mol. The van der Waals surface area contributed by atoms with E-state index in [2.05, 4.69) is 9.55 Å². The van der Waals surface area contributed by atoms with Crippen LogP contribution in [0.1, 0.15) is 17.8 Å². The number of halogens is 1. The van der Waals surface area contributed by atoms with Crippen molar-refractivity contribution in [1.82, 2.24) is 9.55 Å². The lowest BCUT2D eigenvalue weighted by Crippen LogP contribution is -2.08. The number of ether oxygens (including phenoxy) is 1. The molecule has 0 bridgehead atoms. The van der Waals surface area contributed by atoms with E-state index in [9.17, 15) is 0 Å². The molecule has 1 N–H and O–H groups in total. The summed E-state index contributed by atoms with van der Waals surface area (Å²) in [5.41, 5.74) is 2.94. The van der Waals surface area contributed by atoms with Crippen LogP contribution in [0.2, 0.25) is 5.02 Å². The minimum atomic E-state index is 0.144. The van der Waals surface area contributed by atoms with E-state index in [1.54, 1.807) is 0 Å². The Hall–Kier alpha value is -2.04. The summed E-state index contributed by atoms with van der Waals surface area (Å²) in [4.78, 5) is 4.64. The smallest absolute Gasteiger partial charge is 0.148 e.